The number of benzene rings is 1. The van der Waals surface area contributed by atoms with Crippen LogP contribution in [0.25, 0.3) is 0 Å². The van der Waals surface area contributed by atoms with Gasteiger partial charge in [0, 0.05) is 29.8 Å². The summed E-state index contributed by atoms with van der Waals surface area (Å²) in [5.74, 6) is -0.978. The molecule has 0 spiro atoms. The molecule has 0 bridgehead atoms. The number of hydrogen-bond donors (Lipinski definition) is 1. The van der Waals surface area contributed by atoms with E-state index < -0.39 is 11.6 Å². The maximum Gasteiger partial charge on any atom is 0.130 e. The van der Waals surface area contributed by atoms with Crippen molar-refractivity contribution in [2.45, 2.75) is 57.7 Å². The standard InChI is InChI=1S/C16H24F2N2/c1-3-20(14-7-5-13(19)6-8-14)11(2)15-9-4-12(17)10-16(15)18/h4,9-11,13-14H,3,5-8,19H2,1-2H3. The molecule has 112 valence electrons. The Bertz CT molecular complexity index is 442. The number of halogens is 2. The fourth-order valence-electron chi connectivity index (χ4n) is 3.30. The molecule has 4 heteroatoms. The summed E-state index contributed by atoms with van der Waals surface area (Å²) in [6.07, 6.45) is 4.17. The SMILES string of the molecule is CCN(C1CCC(N)CC1)C(C)c1ccc(F)cc1F. The lowest BCUT2D eigenvalue weighted by Crippen LogP contribution is -2.42. The van der Waals surface area contributed by atoms with Crippen LogP contribution in [0.15, 0.2) is 18.2 Å². The molecule has 1 atom stereocenters. The van der Waals surface area contributed by atoms with Crippen molar-refractivity contribution in [1.29, 1.82) is 0 Å². The lowest BCUT2D eigenvalue weighted by atomic mass is 9.89. The Hall–Kier alpha value is -1.00. The molecule has 1 fully saturated rings. The van der Waals surface area contributed by atoms with Crippen LogP contribution in [0, 0.1) is 11.6 Å². The maximum atomic E-state index is 13.9. The normalized spacial score (nSPS) is 24.9. The highest BCUT2D eigenvalue weighted by Gasteiger charge is 2.28. The highest BCUT2D eigenvalue weighted by atomic mass is 19.1. The van der Waals surface area contributed by atoms with Gasteiger partial charge in [-0.25, -0.2) is 8.78 Å². The summed E-state index contributed by atoms with van der Waals surface area (Å²) in [5, 5.41) is 0. The predicted molar refractivity (Wildman–Crippen MR) is 77.4 cm³/mol. The van der Waals surface area contributed by atoms with Gasteiger partial charge in [0.15, 0.2) is 0 Å². The summed E-state index contributed by atoms with van der Waals surface area (Å²) in [5.41, 5.74) is 6.52. The minimum atomic E-state index is -0.523. The molecule has 0 heterocycles. The Kier molecular flexibility index (Phi) is 5.11. The lowest BCUT2D eigenvalue weighted by molar-refractivity contribution is 0.112. The first-order chi connectivity index (χ1) is 9.52. The first kappa shape index (κ1) is 15.4. The Morgan fingerprint density at radius 3 is 2.45 bits per heavy atom. The quantitative estimate of drug-likeness (QED) is 0.914. The van der Waals surface area contributed by atoms with Crippen molar-refractivity contribution in [1.82, 2.24) is 4.90 Å². The van der Waals surface area contributed by atoms with Crippen LogP contribution in [-0.2, 0) is 0 Å². The maximum absolute atomic E-state index is 13.9. The number of rotatable bonds is 4. The molecule has 1 aliphatic rings. The largest absolute Gasteiger partial charge is 0.328 e. The highest BCUT2D eigenvalue weighted by molar-refractivity contribution is 5.22. The summed E-state index contributed by atoms with van der Waals surface area (Å²) < 4.78 is 27.0. The van der Waals surface area contributed by atoms with E-state index in [0.29, 0.717) is 17.6 Å². The molecule has 0 aliphatic heterocycles. The van der Waals surface area contributed by atoms with Crippen LogP contribution in [0.1, 0.15) is 51.1 Å². The van der Waals surface area contributed by atoms with Crippen LogP contribution in [0.2, 0.25) is 0 Å². The third-order valence-corrected chi connectivity index (χ3v) is 4.49. The Balaban J connectivity index is 2.14. The van der Waals surface area contributed by atoms with Gasteiger partial charge in [-0.3, -0.25) is 4.90 Å². The molecule has 1 aliphatic carbocycles. The van der Waals surface area contributed by atoms with Crippen molar-refractivity contribution in [2.24, 2.45) is 5.73 Å². The highest BCUT2D eigenvalue weighted by Crippen LogP contribution is 2.30. The second-order valence-electron chi connectivity index (χ2n) is 5.74. The molecule has 1 unspecified atom stereocenters. The minimum absolute atomic E-state index is 0.0417. The fourth-order valence-corrected chi connectivity index (χ4v) is 3.30. The van der Waals surface area contributed by atoms with E-state index in [0.717, 1.165) is 38.3 Å². The average molecular weight is 282 g/mol. The molecular formula is C16H24F2N2. The molecule has 20 heavy (non-hydrogen) atoms. The molecule has 0 saturated heterocycles. The third-order valence-electron chi connectivity index (χ3n) is 4.49. The van der Waals surface area contributed by atoms with Crippen molar-refractivity contribution in [2.75, 3.05) is 6.54 Å². The van der Waals surface area contributed by atoms with Gasteiger partial charge in [-0.1, -0.05) is 13.0 Å². The molecule has 2 N–H and O–H groups in total. The molecule has 0 radical (unpaired) electrons. The summed E-state index contributed by atoms with van der Waals surface area (Å²) in [6.45, 7) is 4.94. The van der Waals surface area contributed by atoms with Crippen LogP contribution >= 0.6 is 0 Å². The summed E-state index contributed by atoms with van der Waals surface area (Å²) in [6, 6.07) is 4.57. The van der Waals surface area contributed by atoms with E-state index in [1.54, 1.807) is 6.07 Å². The van der Waals surface area contributed by atoms with Gasteiger partial charge >= 0.3 is 0 Å². The van der Waals surface area contributed by atoms with E-state index in [2.05, 4.69) is 11.8 Å². The van der Waals surface area contributed by atoms with Crippen LogP contribution < -0.4 is 5.73 Å². The van der Waals surface area contributed by atoms with Crippen LogP contribution in [0.3, 0.4) is 0 Å². The average Bonchev–Trinajstić information content (AvgIpc) is 2.41. The van der Waals surface area contributed by atoms with Crippen LogP contribution in [-0.4, -0.2) is 23.5 Å². The second-order valence-corrected chi connectivity index (χ2v) is 5.74. The first-order valence-corrected chi connectivity index (χ1v) is 7.49. The lowest BCUT2D eigenvalue weighted by Gasteiger charge is -2.39. The molecule has 2 nitrogen and oxygen atoms in total. The van der Waals surface area contributed by atoms with E-state index in [-0.39, 0.29) is 6.04 Å². The monoisotopic (exact) mass is 282 g/mol. The second kappa shape index (κ2) is 6.64. The van der Waals surface area contributed by atoms with Gasteiger partial charge in [-0.05, 0) is 45.2 Å². The number of hydrogen-bond acceptors (Lipinski definition) is 2. The van der Waals surface area contributed by atoms with Crippen molar-refractivity contribution < 1.29 is 8.78 Å². The third kappa shape index (κ3) is 3.36. The number of nitrogens with two attached hydrogens (primary N) is 1. The molecule has 1 saturated carbocycles. The molecule has 0 amide bonds. The van der Waals surface area contributed by atoms with Gasteiger partial charge in [0.25, 0.3) is 0 Å². The van der Waals surface area contributed by atoms with Gasteiger partial charge in [0.1, 0.15) is 11.6 Å². The van der Waals surface area contributed by atoms with E-state index in [1.807, 2.05) is 6.92 Å². The Labute approximate surface area is 120 Å². The van der Waals surface area contributed by atoms with Crippen molar-refractivity contribution in [3.05, 3.63) is 35.4 Å². The molecular weight excluding hydrogens is 258 g/mol. The zero-order valence-electron chi connectivity index (χ0n) is 12.3. The smallest absolute Gasteiger partial charge is 0.130 e. The van der Waals surface area contributed by atoms with Gasteiger partial charge < -0.3 is 5.73 Å². The summed E-state index contributed by atoms with van der Waals surface area (Å²) >= 11 is 0. The minimum Gasteiger partial charge on any atom is -0.328 e. The van der Waals surface area contributed by atoms with E-state index in [1.165, 1.54) is 6.07 Å². The van der Waals surface area contributed by atoms with E-state index in [4.69, 9.17) is 5.73 Å². The molecule has 2 rings (SSSR count). The Morgan fingerprint density at radius 2 is 1.90 bits per heavy atom. The van der Waals surface area contributed by atoms with E-state index >= 15 is 0 Å². The van der Waals surface area contributed by atoms with Crippen molar-refractivity contribution in [3.8, 4) is 0 Å². The zero-order valence-corrected chi connectivity index (χ0v) is 12.3. The van der Waals surface area contributed by atoms with Gasteiger partial charge in [0.05, 0.1) is 0 Å². The summed E-state index contributed by atoms with van der Waals surface area (Å²) in [7, 11) is 0. The summed E-state index contributed by atoms with van der Waals surface area (Å²) in [4.78, 5) is 2.31. The van der Waals surface area contributed by atoms with Crippen LogP contribution in [0.4, 0.5) is 8.78 Å². The fraction of sp³-hybridized carbons (Fsp3) is 0.625. The van der Waals surface area contributed by atoms with Crippen LogP contribution in [0.5, 0.6) is 0 Å². The first-order valence-electron chi connectivity index (χ1n) is 7.49. The Morgan fingerprint density at radius 1 is 1.25 bits per heavy atom. The van der Waals surface area contributed by atoms with Gasteiger partial charge in [-0.15, -0.1) is 0 Å². The van der Waals surface area contributed by atoms with Gasteiger partial charge in [0.2, 0.25) is 0 Å². The van der Waals surface area contributed by atoms with Crippen molar-refractivity contribution >= 4 is 0 Å². The van der Waals surface area contributed by atoms with Gasteiger partial charge in [-0.2, -0.15) is 0 Å². The van der Waals surface area contributed by atoms with E-state index in [9.17, 15) is 8.78 Å². The molecule has 1 aromatic carbocycles. The predicted octanol–water partition coefficient (Wildman–Crippen LogP) is 3.62. The van der Waals surface area contributed by atoms with Crippen molar-refractivity contribution in [3.63, 3.8) is 0 Å². The molecule has 1 aromatic rings. The zero-order chi connectivity index (χ0) is 14.7. The topological polar surface area (TPSA) is 29.3 Å². The molecule has 0 aromatic heterocycles. The number of nitrogens with zero attached hydrogens (tertiary/aromatic N) is 1.